The van der Waals surface area contributed by atoms with E-state index < -0.39 is 6.04 Å². The first-order valence-corrected chi connectivity index (χ1v) is 8.11. The minimum atomic E-state index is -0.701. The normalized spacial score (nSPS) is 18.2. The zero-order chi connectivity index (χ0) is 17.4. The van der Waals surface area contributed by atoms with Crippen LogP contribution in [0.5, 0.6) is 0 Å². The monoisotopic (exact) mass is 335 g/mol. The summed E-state index contributed by atoms with van der Waals surface area (Å²) < 4.78 is 10.3. The van der Waals surface area contributed by atoms with Crippen LogP contribution in [-0.4, -0.2) is 50.8 Å². The highest BCUT2D eigenvalue weighted by atomic mass is 16.5. The van der Waals surface area contributed by atoms with Gasteiger partial charge in [0.05, 0.1) is 12.7 Å². The predicted octanol–water partition coefficient (Wildman–Crippen LogP) is 0.185. The number of ether oxygens (including phenoxy) is 2. The fraction of sp³-hybridized carbons (Fsp3) is 0.529. The van der Waals surface area contributed by atoms with Gasteiger partial charge in [0.25, 0.3) is 5.91 Å². The smallest absolute Gasteiger partial charge is 0.251 e. The van der Waals surface area contributed by atoms with Gasteiger partial charge in [-0.15, -0.1) is 0 Å². The van der Waals surface area contributed by atoms with Crippen molar-refractivity contribution in [3.8, 4) is 0 Å². The van der Waals surface area contributed by atoms with Crippen LogP contribution in [0.1, 0.15) is 28.8 Å². The molecular formula is C17H25N3O4. The quantitative estimate of drug-likeness (QED) is 0.629. The molecule has 1 aromatic rings. The third-order valence-corrected chi connectivity index (χ3v) is 3.85. The SMILES string of the molecule is COCC(N)C(=O)NCc1cccc(C(=O)NCC2CCCO2)c1. The van der Waals surface area contributed by atoms with E-state index in [0.29, 0.717) is 18.7 Å². The zero-order valence-corrected chi connectivity index (χ0v) is 13.9. The molecule has 1 fully saturated rings. The highest BCUT2D eigenvalue weighted by molar-refractivity contribution is 5.94. The number of carbonyl (C=O) groups is 2. The molecule has 1 saturated heterocycles. The van der Waals surface area contributed by atoms with Crippen molar-refractivity contribution >= 4 is 11.8 Å². The Morgan fingerprint density at radius 3 is 2.96 bits per heavy atom. The lowest BCUT2D eigenvalue weighted by Crippen LogP contribution is -2.43. The number of amides is 2. The van der Waals surface area contributed by atoms with Gasteiger partial charge >= 0.3 is 0 Å². The summed E-state index contributed by atoms with van der Waals surface area (Å²) in [5.41, 5.74) is 7.04. The summed E-state index contributed by atoms with van der Waals surface area (Å²) >= 11 is 0. The molecule has 132 valence electrons. The van der Waals surface area contributed by atoms with E-state index in [1.165, 1.54) is 7.11 Å². The second-order valence-corrected chi connectivity index (χ2v) is 5.83. The first-order chi connectivity index (χ1) is 11.6. The second kappa shape index (κ2) is 9.36. The summed E-state index contributed by atoms with van der Waals surface area (Å²) in [7, 11) is 1.49. The van der Waals surface area contributed by atoms with Crippen LogP contribution in [0.4, 0.5) is 0 Å². The van der Waals surface area contributed by atoms with E-state index in [1.54, 1.807) is 18.2 Å². The molecule has 7 heteroatoms. The minimum Gasteiger partial charge on any atom is -0.383 e. The van der Waals surface area contributed by atoms with Gasteiger partial charge in [-0.3, -0.25) is 9.59 Å². The predicted molar refractivity (Wildman–Crippen MR) is 89.4 cm³/mol. The Morgan fingerprint density at radius 2 is 2.25 bits per heavy atom. The van der Waals surface area contributed by atoms with E-state index in [-0.39, 0.29) is 24.5 Å². The lowest BCUT2D eigenvalue weighted by Gasteiger charge is -2.13. The lowest BCUT2D eigenvalue weighted by molar-refractivity contribution is -0.123. The molecule has 2 amide bonds. The molecule has 0 saturated carbocycles. The van der Waals surface area contributed by atoms with Gasteiger partial charge in [0.15, 0.2) is 0 Å². The number of methoxy groups -OCH3 is 1. The molecule has 0 spiro atoms. The maximum atomic E-state index is 12.2. The topological polar surface area (TPSA) is 103 Å². The molecule has 24 heavy (non-hydrogen) atoms. The molecule has 0 aromatic heterocycles. The molecule has 0 aliphatic carbocycles. The average molecular weight is 335 g/mol. The van der Waals surface area contributed by atoms with Crippen molar-refractivity contribution < 1.29 is 19.1 Å². The fourth-order valence-corrected chi connectivity index (χ4v) is 2.51. The van der Waals surface area contributed by atoms with Crippen molar-refractivity contribution in [2.24, 2.45) is 5.73 Å². The van der Waals surface area contributed by atoms with Crippen LogP contribution in [0, 0.1) is 0 Å². The molecule has 4 N–H and O–H groups in total. The van der Waals surface area contributed by atoms with Crippen molar-refractivity contribution in [3.05, 3.63) is 35.4 Å². The lowest BCUT2D eigenvalue weighted by atomic mass is 10.1. The minimum absolute atomic E-state index is 0.110. The van der Waals surface area contributed by atoms with Crippen molar-refractivity contribution in [2.45, 2.75) is 31.5 Å². The summed E-state index contributed by atoms with van der Waals surface area (Å²) in [6.45, 7) is 1.76. The molecular weight excluding hydrogens is 310 g/mol. The Morgan fingerprint density at radius 1 is 1.42 bits per heavy atom. The van der Waals surface area contributed by atoms with Crippen LogP contribution >= 0.6 is 0 Å². The van der Waals surface area contributed by atoms with Crippen molar-refractivity contribution in [2.75, 3.05) is 26.9 Å². The van der Waals surface area contributed by atoms with Gasteiger partial charge in [0, 0.05) is 32.4 Å². The number of hydrogen-bond acceptors (Lipinski definition) is 5. The number of nitrogens with one attached hydrogen (secondary N) is 2. The molecule has 1 aliphatic rings. The van der Waals surface area contributed by atoms with Gasteiger partial charge in [-0.05, 0) is 30.5 Å². The summed E-state index contributed by atoms with van der Waals surface area (Å²) in [4.78, 5) is 24.0. The number of hydrogen-bond donors (Lipinski definition) is 3. The van der Waals surface area contributed by atoms with E-state index in [9.17, 15) is 9.59 Å². The van der Waals surface area contributed by atoms with Gasteiger partial charge in [0.2, 0.25) is 5.91 Å². The Labute approximate surface area is 141 Å². The molecule has 2 rings (SSSR count). The highest BCUT2D eigenvalue weighted by Crippen LogP contribution is 2.11. The van der Waals surface area contributed by atoms with Crippen LogP contribution in [0.3, 0.4) is 0 Å². The number of benzene rings is 1. The van der Waals surface area contributed by atoms with Crippen LogP contribution in [0.2, 0.25) is 0 Å². The van der Waals surface area contributed by atoms with E-state index in [0.717, 1.165) is 25.0 Å². The van der Waals surface area contributed by atoms with Crippen molar-refractivity contribution in [3.63, 3.8) is 0 Å². The summed E-state index contributed by atoms with van der Waals surface area (Å²) in [5, 5.41) is 5.61. The number of rotatable bonds is 8. The van der Waals surface area contributed by atoms with Crippen molar-refractivity contribution in [1.29, 1.82) is 0 Å². The van der Waals surface area contributed by atoms with Crippen LogP contribution < -0.4 is 16.4 Å². The first kappa shape index (κ1) is 18.4. The maximum Gasteiger partial charge on any atom is 0.251 e. The number of carbonyl (C=O) groups excluding carboxylic acids is 2. The standard InChI is InChI=1S/C17H25N3O4/c1-23-11-15(18)17(22)19-9-12-4-2-5-13(8-12)16(21)20-10-14-6-3-7-24-14/h2,4-5,8,14-15H,3,6-7,9-11,18H2,1H3,(H,19,22)(H,20,21). The zero-order valence-electron chi connectivity index (χ0n) is 13.9. The molecule has 1 aliphatic heterocycles. The van der Waals surface area contributed by atoms with Gasteiger partial charge in [-0.1, -0.05) is 12.1 Å². The fourth-order valence-electron chi connectivity index (χ4n) is 2.51. The Bertz CT molecular complexity index is 559. The average Bonchev–Trinajstić information content (AvgIpc) is 3.11. The van der Waals surface area contributed by atoms with Crippen molar-refractivity contribution in [1.82, 2.24) is 10.6 Å². The van der Waals surface area contributed by atoms with E-state index in [1.807, 2.05) is 6.07 Å². The summed E-state index contributed by atoms with van der Waals surface area (Å²) in [5.74, 6) is -0.431. The van der Waals surface area contributed by atoms with Gasteiger partial charge < -0.3 is 25.8 Å². The second-order valence-electron chi connectivity index (χ2n) is 5.83. The van der Waals surface area contributed by atoms with Gasteiger partial charge in [0.1, 0.15) is 6.04 Å². The molecule has 0 bridgehead atoms. The molecule has 7 nitrogen and oxygen atoms in total. The van der Waals surface area contributed by atoms with Gasteiger partial charge in [-0.2, -0.15) is 0 Å². The summed E-state index contributed by atoms with van der Waals surface area (Å²) in [6, 6.07) is 6.43. The van der Waals surface area contributed by atoms with E-state index >= 15 is 0 Å². The highest BCUT2D eigenvalue weighted by Gasteiger charge is 2.17. The molecule has 0 radical (unpaired) electrons. The Kier molecular flexibility index (Phi) is 7.17. The first-order valence-electron chi connectivity index (χ1n) is 8.11. The van der Waals surface area contributed by atoms with E-state index in [2.05, 4.69) is 10.6 Å². The van der Waals surface area contributed by atoms with Crippen LogP contribution in [0.25, 0.3) is 0 Å². The molecule has 2 atom stereocenters. The third-order valence-electron chi connectivity index (χ3n) is 3.85. The largest absolute Gasteiger partial charge is 0.383 e. The van der Waals surface area contributed by atoms with Crippen LogP contribution in [-0.2, 0) is 20.8 Å². The Balaban J connectivity index is 1.83. The molecule has 1 heterocycles. The van der Waals surface area contributed by atoms with Gasteiger partial charge in [-0.25, -0.2) is 0 Å². The third kappa shape index (κ3) is 5.59. The molecule has 2 unspecified atom stereocenters. The van der Waals surface area contributed by atoms with Crippen LogP contribution in [0.15, 0.2) is 24.3 Å². The summed E-state index contributed by atoms with van der Waals surface area (Å²) in [6.07, 6.45) is 2.13. The molecule has 1 aromatic carbocycles. The Hall–Kier alpha value is -1.96. The number of nitrogens with two attached hydrogens (primary N) is 1. The van der Waals surface area contributed by atoms with E-state index in [4.69, 9.17) is 15.2 Å². The maximum absolute atomic E-state index is 12.2.